The summed E-state index contributed by atoms with van der Waals surface area (Å²) in [6.45, 7) is 0.536. The van der Waals surface area contributed by atoms with Crippen molar-refractivity contribution in [1.82, 2.24) is 9.97 Å². The Balaban J connectivity index is 1.81. The van der Waals surface area contributed by atoms with E-state index in [0.717, 1.165) is 11.6 Å². The van der Waals surface area contributed by atoms with Gasteiger partial charge in [-0.2, -0.15) is 0 Å². The van der Waals surface area contributed by atoms with Crippen molar-refractivity contribution in [2.45, 2.75) is 6.42 Å². The molecule has 1 aromatic heterocycles. The summed E-state index contributed by atoms with van der Waals surface area (Å²) in [7, 11) is 0. The third kappa shape index (κ3) is 2.99. The van der Waals surface area contributed by atoms with Crippen LogP contribution in [0.5, 0.6) is 0 Å². The van der Waals surface area contributed by atoms with Crippen LogP contribution in [-0.4, -0.2) is 16.5 Å². The van der Waals surface area contributed by atoms with Crippen LogP contribution in [-0.2, 0) is 6.42 Å². The van der Waals surface area contributed by atoms with E-state index in [1.165, 1.54) is 12.4 Å². The van der Waals surface area contributed by atoms with Gasteiger partial charge in [-0.05, 0) is 24.1 Å². The van der Waals surface area contributed by atoms with Crippen molar-refractivity contribution in [3.05, 3.63) is 64.9 Å². The van der Waals surface area contributed by atoms with Gasteiger partial charge in [-0.15, -0.1) is 0 Å². The standard InChI is InChI=1S/C16H12ClF2N3/c17-13-4-2-1-3-10(13)5-6-20-16-12-7-11(18)8-14(19)15(12)21-9-22-16/h1-4,7-9H,5-6H2,(H,20,21,22). The number of hydrogen-bond donors (Lipinski definition) is 1. The number of hydrogen-bond acceptors (Lipinski definition) is 3. The number of rotatable bonds is 4. The smallest absolute Gasteiger partial charge is 0.152 e. The molecule has 0 spiro atoms. The van der Waals surface area contributed by atoms with Gasteiger partial charge in [0.25, 0.3) is 0 Å². The number of aromatic nitrogens is 2. The minimum atomic E-state index is -0.702. The molecule has 112 valence electrons. The van der Waals surface area contributed by atoms with Crippen LogP contribution in [0.4, 0.5) is 14.6 Å². The van der Waals surface area contributed by atoms with E-state index in [4.69, 9.17) is 11.6 Å². The van der Waals surface area contributed by atoms with Gasteiger partial charge >= 0.3 is 0 Å². The van der Waals surface area contributed by atoms with Gasteiger partial charge in [0.2, 0.25) is 0 Å². The number of nitrogens with one attached hydrogen (secondary N) is 1. The number of fused-ring (bicyclic) bond motifs is 1. The summed E-state index contributed by atoms with van der Waals surface area (Å²) in [4.78, 5) is 7.90. The highest BCUT2D eigenvalue weighted by molar-refractivity contribution is 6.31. The van der Waals surface area contributed by atoms with Crippen molar-refractivity contribution >= 4 is 28.3 Å². The van der Waals surface area contributed by atoms with E-state index in [9.17, 15) is 8.78 Å². The molecule has 1 heterocycles. The van der Waals surface area contributed by atoms with Crippen molar-refractivity contribution in [2.75, 3.05) is 11.9 Å². The monoisotopic (exact) mass is 319 g/mol. The Morgan fingerprint density at radius 1 is 1.09 bits per heavy atom. The normalized spacial score (nSPS) is 10.9. The summed E-state index contributed by atoms with van der Waals surface area (Å²) < 4.78 is 27.1. The average molecular weight is 320 g/mol. The lowest BCUT2D eigenvalue weighted by atomic mass is 10.1. The first-order valence-corrected chi connectivity index (χ1v) is 7.10. The van der Waals surface area contributed by atoms with Crippen LogP contribution in [0.1, 0.15) is 5.56 Å². The van der Waals surface area contributed by atoms with E-state index in [2.05, 4.69) is 15.3 Å². The fourth-order valence-electron chi connectivity index (χ4n) is 2.25. The van der Waals surface area contributed by atoms with E-state index in [1.54, 1.807) is 0 Å². The van der Waals surface area contributed by atoms with E-state index in [-0.39, 0.29) is 5.52 Å². The van der Waals surface area contributed by atoms with Gasteiger partial charge in [-0.25, -0.2) is 18.7 Å². The molecule has 0 unspecified atom stereocenters. The number of halogens is 3. The summed E-state index contributed by atoms with van der Waals surface area (Å²) in [5, 5.41) is 4.08. The first kappa shape index (κ1) is 14.7. The van der Waals surface area contributed by atoms with Gasteiger partial charge in [-0.3, -0.25) is 0 Å². The molecule has 0 aliphatic rings. The molecule has 3 nitrogen and oxygen atoms in total. The molecule has 0 aliphatic heterocycles. The maximum Gasteiger partial charge on any atom is 0.152 e. The lowest BCUT2D eigenvalue weighted by Crippen LogP contribution is -2.07. The highest BCUT2D eigenvalue weighted by atomic mass is 35.5. The molecule has 1 N–H and O–H groups in total. The van der Waals surface area contributed by atoms with E-state index >= 15 is 0 Å². The van der Waals surface area contributed by atoms with Crippen LogP contribution in [0.3, 0.4) is 0 Å². The molecule has 3 rings (SSSR count). The molecular weight excluding hydrogens is 308 g/mol. The first-order chi connectivity index (χ1) is 10.6. The van der Waals surface area contributed by atoms with Crippen LogP contribution in [0.25, 0.3) is 10.9 Å². The second-order valence-corrected chi connectivity index (χ2v) is 5.18. The van der Waals surface area contributed by atoms with Gasteiger partial charge in [0.1, 0.15) is 23.5 Å². The van der Waals surface area contributed by atoms with E-state index < -0.39 is 11.6 Å². The molecular formula is C16H12ClF2N3. The predicted molar refractivity (Wildman–Crippen MR) is 83.1 cm³/mol. The lowest BCUT2D eigenvalue weighted by Gasteiger charge is -2.09. The molecule has 0 bridgehead atoms. The number of nitrogens with zero attached hydrogens (tertiary/aromatic N) is 2. The Bertz CT molecular complexity index is 824. The van der Waals surface area contributed by atoms with Crippen LogP contribution < -0.4 is 5.32 Å². The summed E-state index contributed by atoms with van der Waals surface area (Å²) >= 11 is 6.09. The van der Waals surface area contributed by atoms with E-state index in [0.29, 0.717) is 29.2 Å². The fourth-order valence-corrected chi connectivity index (χ4v) is 2.48. The van der Waals surface area contributed by atoms with Crippen molar-refractivity contribution in [3.8, 4) is 0 Å². The highest BCUT2D eigenvalue weighted by Crippen LogP contribution is 2.23. The lowest BCUT2D eigenvalue weighted by molar-refractivity contribution is 0.590. The Morgan fingerprint density at radius 3 is 2.73 bits per heavy atom. The van der Waals surface area contributed by atoms with Gasteiger partial charge < -0.3 is 5.32 Å². The van der Waals surface area contributed by atoms with Gasteiger partial charge in [0, 0.05) is 23.0 Å². The Hall–Kier alpha value is -2.27. The number of benzene rings is 2. The van der Waals surface area contributed by atoms with Gasteiger partial charge in [0.05, 0.1) is 0 Å². The van der Waals surface area contributed by atoms with Crippen molar-refractivity contribution < 1.29 is 8.78 Å². The predicted octanol–water partition coefficient (Wildman–Crippen LogP) is 4.22. The Labute approximate surface area is 131 Å². The maximum absolute atomic E-state index is 13.7. The van der Waals surface area contributed by atoms with Gasteiger partial charge in [-0.1, -0.05) is 29.8 Å². The zero-order chi connectivity index (χ0) is 15.5. The Kier molecular flexibility index (Phi) is 4.15. The van der Waals surface area contributed by atoms with Crippen LogP contribution in [0, 0.1) is 11.6 Å². The zero-order valence-corrected chi connectivity index (χ0v) is 12.2. The molecule has 6 heteroatoms. The molecule has 0 fully saturated rings. The molecule has 0 atom stereocenters. The summed E-state index contributed by atoms with van der Waals surface area (Å²) in [5.74, 6) is -0.962. The third-order valence-electron chi connectivity index (χ3n) is 3.30. The average Bonchev–Trinajstić information content (AvgIpc) is 2.50. The Morgan fingerprint density at radius 2 is 1.91 bits per heavy atom. The minimum absolute atomic E-state index is 0.0941. The fraction of sp³-hybridized carbons (Fsp3) is 0.125. The van der Waals surface area contributed by atoms with Gasteiger partial charge in [0.15, 0.2) is 5.82 Å². The second kappa shape index (κ2) is 6.23. The minimum Gasteiger partial charge on any atom is -0.369 e. The quantitative estimate of drug-likeness (QED) is 0.782. The van der Waals surface area contributed by atoms with Crippen molar-refractivity contribution in [1.29, 1.82) is 0 Å². The molecule has 0 aliphatic carbocycles. The molecule has 0 saturated carbocycles. The largest absolute Gasteiger partial charge is 0.369 e. The molecule has 22 heavy (non-hydrogen) atoms. The SMILES string of the molecule is Fc1cc(F)c2ncnc(NCCc3ccccc3Cl)c2c1. The molecule has 0 saturated heterocycles. The first-order valence-electron chi connectivity index (χ1n) is 6.72. The van der Waals surface area contributed by atoms with Crippen molar-refractivity contribution in [2.24, 2.45) is 0 Å². The van der Waals surface area contributed by atoms with Crippen LogP contribution in [0.2, 0.25) is 5.02 Å². The van der Waals surface area contributed by atoms with Crippen LogP contribution in [0.15, 0.2) is 42.7 Å². The summed E-state index contributed by atoms with van der Waals surface area (Å²) in [6.07, 6.45) is 1.92. The van der Waals surface area contributed by atoms with Crippen molar-refractivity contribution in [3.63, 3.8) is 0 Å². The molecule has 2 aromatic carbocycles. The highest BCUT2D eigenvalue weighted by Gasteiger charge is 2.10. The summed E-state index contributed by atoms with van der Waals surface area (Å²) in [6, 6.07) is 9.55. The molecule has 3 aromatic rings. The summed E-state index contributed by atoms with van der Waals surface area (Å²) in [5.41, 5.74) is 1.09. The molecule has 0 amide bonds. The van der Waals surface area contributed by atoms with Crippen LogP contribution >= 0.6 is 11.6 Å². The topological polar surface area (TPSA) is 37.8 Å². The number of anilines is 1. The molecule has 0 radical (unpaired) electrons. The maximum atomic E-state index is 13.7. The zero-order valence-electron chi connectivity index (χ0n) is 11.5. The third-order valence-corrected chi connectivity index (χ3v) is 3.67. The second-order valence-electron chi connectivity index (χ2n) is 4.77. The van der Waals surface area contributed by atoms with E-state index in [1.807, 2.05) is 24.3 Å².